The Morgan fingerprint density at radius 3 is 2.60 bits per heavy atom. The fourth-order valence-electron chi connectivity index (χ4n) is 3.19. The molecule has 5 rings (SSSR count). The SMILES string of the molecule is C1CCNC1.Cc1ccccc1Nc1csc2c(N)nc(-c3ccncc3F)nc12. The maximum absolute atomic E-state index is 14.0. The van der Waals surface area contributed by atoms with Crippen molar-refractivity contribution in [3.63, 3.8) is 0 Å². The number of anilines is 3. The Kier molecular flexibility index (Phi) is 6.15. The molecule has 1 aliphatic heterocycles. The van der Waals surface area contributed by atoms with Crippen LogP contribution in [0.3, 0.4) is 0 Å². The first-order chi connectivity index (χ1) is 14.6. The summed E-state index contributed by atoms with van der Waals surface area (Å²) in [5.74, 6) is 0.0973. The smallest absolute Gasteiger partial charge is 0.165 e. The van der Waals surface area contributed by atoms with E-state index in [4.69, 9.17) is 5.73 Å². The van der Waals surface area contributed by atoms with Gasteiger partial charge < -0.3 is 16.4 Å². The summed E-state index contributed by atoms with van der Waals surface area (Å²) in [7, 11) is 0. The third kappa shape index (κ3) is 4.39. The third-order valence-corrected chi connectivity index (χ3v) is 5.82. The first-order valence-electron chi connectivity index (χ1n) is 9.81. The van der Waals surface area contributed by atoms with Gasteiger partial charge in [0.15, 0.2) is 11.6 Å². The Morgan fingerprint density at radius 1 is 1.10 bits per heavy atom. The highest BCUT2D eigenvalue weighted by Crippen LogP contribution is 2.36. The fourth-order valence-corrected chi connectivity index (χ4v) is 4.03. The van der Waals surface area contributed by atoms with Crippen LogP contribution in [0.1, 0.15) is 18.4 Å². The summed E-state index contributed by atoms with van der Waals surface area (Å²) in [4.78, 5) is 12.5. The van der Waals surface area contributed by atoms with Crippen molar-refractivity contribution >= 4 is 38.7 Å². The second kappa shape index (κ2) is 9.15. The highest BCUT2D eigenvalue weighted by molar-refractivity contribution is 7.18. The van der Waals surface area contributed by atoms with Gasteiger partial charge in [-0.3, -0.25) is 4.98 Å². The van der Waals surface area contributed by atoms with Crippen LogP contribution in [0.4, 0.5) is 21.6 Å². The average Bonchev–Trinajstić information content (AvgIpc) is 3.44. The Bertz CT molecular complexity index is 1150. The Morgan fingerprint density at radius 2 is 1.90 bits per heavy atom. The maximum Gasteiger partial charge on any atom is 0.165 e. The third-order valence-electron chi connectivity index (χ3n) is 4.83. The zero-order valence-electron chi connectivity index (χ0n) is 16.7. The monoisotopic (exact) mass is 422 g/mol. The summed E-state index contributed by atoms with van der Waals surface area (Å²) in [5, 5.41) is 8.54. The van der Waals surface area contributed by atoms with Gasteiger partial charge in [0.05, 0.1) is 22.1 Å². The van der Waals surface area contributed by atoms with Gasteiger partial charge in [-0.15, -0.1) is 11.3 Å². The number of nitrogens with zero attached hydrogens (tertiary/aromatic N) is 3. The van der Waals surface area contributed by atoms with Crippen molar-refractivity contribution in [3.8, 4) is 11.4 Å². The normalized spacial score (nSPS) is 13.1. The molecule has 4 aromatic rings. The van der Waals surface area contributed by atoms with Gasteiger partial charge in [-0.05, 0) is 50.6 Å². The zero-order chi connectivity index (χ0) is 20.9. The standard InChI is InChI=1S/C18H14FN5S.C4H9N/c1-10-4-2-3-5-13(10)22-14-9-25-16-15(14)23-18(24-17(16)20)11-6-7-21-8-12(11)19;1-2-4-5-3-1/h2-9,22H,1H3,(H2,20,23,24);5H,1-4H2. The maximum atomic E-state index is 14.0. The second-order valence-corrected chi connectivity index (χ2v) is 7.89. The Balaban J connectivity index is 0.000000383. The molecule has 1 fully saturated rings. The van der Waals surface area contributed by atoms with Crippen LogP contribution in [0.15, 0.2) is 48.1 Å². The molecule has 0 spiro atoms. The number of hydrogen-bond donors (Lipinski definition) is 3. The van der Waals surface area contributed by atoms with Gasteiger partial charge in [-0.2, -0.15) is 0 Å². The summed E-state index contributed by atoms with van der Waals surface area (Å²) in [6.45, 7) is 4.53. The van der Waals surface area contributed by atoms with Crippen molar-refractivity contribution in [3.05, 3.63) is 59.5 Å². The lowest BCUT2D eigenvalue weighted by Gasteiger charge is -2.09. The van der Waals surface area contributed by atoms with Gasteiger partial charge in [-0.25, -0.2) is 14.4 Å². The van der Waals surface area contributed by atoms with Crippen LogP contribution in [0.5, 0.6) is 0 Å². The molecule has 6 nitrogen and oxygen atoms in total. The average molecular weight is 423 g/mol. The minimum Gasteiger partial charge on any atom is -0.382 e. The highest BCUT2D eigenvalue weighted by atomic mass is 32.1. The van der Waals surface area contributed by atoms with Crippen molar-refractivity contribution in [1.82, 2.24) is 20.3 Å². The minimum atomic E-state index is -0.482. The molecule has 0 unspecified atom stereocenters. The lowest BCUT2D eigenvalue weighted by atomic mass is 10.2. The number of pyridine rings is 1. The van der Waals surface area contributed by atoms with Crippen LogP contribution in [0.2, 0.25) is 0 Å². The topological polar surface area (TPSA) is 88.8 Å². The molecule has 0 amide bonds. The molecule has 30 heavy (non-hydrogen) atoms. The predicted octanol–water partition coefficient (Wildman–Crippen LogP) is 4.90. The molecule has 0 radical (unpaired) electrons. The summed E-state index contributed by atoms with van der Waals surface area (Å²) in [6, 6.07) is 9.50. The summed E-state index contributed by atoms with van der Waals surface area (Å²) >= 11 is 1.46. The number of thiophene rings is 1. The molecule has 4 N–H and O–H groups in total. The van der Waals surface area contributed by atoms with E-state index in [2.05, 4.69) is 25.6 Å². The lowest BCUT2D eigenvalue weighted by molar-refractivity contribution is 0.624. The Hall–Kier alpha value is -3.10. The molecule has 4 heterocycles. The Labute approximate surface area is 178 Å². The molecule has 1 aromatic carbocycles. The molecule has 0 aliphatic carbocycles. The number of rotatable bonds is 3. The number of nitrogens with one attached hydrogen (secondary N) is 2. The molecule has 3 aromatic heterocycles. The van der Waals surface area contributed by atoms with E-state index in [1.54, 1.807) is 0 Å². The number of fused-ring (bicyclic) bond motifs is 1. The summed E-state index contributed by atoms with van der Waals surface area (Å²) in [6.07, 6.45) is 5.42. The van der Waals surface area contributed by atoms with Crippen molar-refractivity contribution in [2.24, 2.45) is 0 Å². The number of halogens is 1. The van der Waals surface area contributed by atoms with E-state index >= 15 is 0 Å². The molecule has 1 saturated heterocycles. The fraction of sp³-hybridized carbons (Fsp3) is 0.227. The number of hydrogen-bond acceptors (Lipinski definition) is 7. The summed E-state index contributed by atoms with van der Waals surface area (Å²) < 4.78 is 14.8. The zero-order valence-corrected chi connectivity index (χ0v) is 17.5. The van der Waals surface area contributed by atoms with Crippen molar-refractivity contribution in [1.29, 1.82) is 0 Å². The molecule has 0 saturated carbocycles. The van der Waals surface area contributed by atoms with Crippen molar-refractivity contribution in [2.45, 2.75) is 19.8 Å². The molecule has 0 atom stereocenters. The van der Waals surface area contributed by atoms with Crippen LogP contribution in [0.25, 0.3) is 21.6 Å². The van der Waals surface area contributed by atoms with Crippen LogP contribution in [0, 0.1) is 12.7 Å². The number of aryl methyl sites for hydroxylation is 1. The van der Waals surface area contributed by atoms with Crippen LogP contribution in [-0.4, -0.2) is 28.0 Å². The van der Waals surface area contributed by atoms with Gasteiger partial charge in [0.1, 0.15) is 11.3 Å². The van der Waals surface area contributed by atoms with E-state index in [-0.39, 0.29) is 11.4 Å². The largest absolute Gasteiger partial charge is 0.382 e. The molecular formula is C22H23FN6S. The van der Waals surface area contributed by atoms with E-state index in [9.17, 15) is 4.39 Å². The second-order valence-electron chi connectivity index (χ2n) is 7.01. The molecule has 1 aliphatic rings. The quantitative estimate of drug-likeness (QED) is 0.435. The number of nitrogens with two attached hydrogens (primary N) is 1. The van der Waals surface area contributed by atoms with E-state index < -0.39 is 5.82 Å². The minimum absolute atomic E-state index is 0.246. The van der Waals surface area contributed by atoms with E-state index in [1.807, 2.05) is 36.6 Å². The summed E-state index contributed by atoms with van der Waals surface area (Å²) in [5.41, 5.74) is 9.94. The number of nitrogen functional groups attached to an aromatic ring is 1. The first kappa shape index (κ1) is 20.2. The number of aromatic nitrogens is 3. The highest BCUT2D eigenvalue weighted by Gasteiger charge is 2.15. The van der Waals surface area contributed by atoms with E-state index in [0.717, 1.165) is 27.8 Å². The van der Waals surface area contributed by atoms with Gasteiger partial charge in [0, 0.05) is 17.3 Å². The predicted molar refractivity (Wildman–Crippen MR) is 122 cm³/mol. The van der Waals surface area contributed by atoms with Crippen LogP contribution in [-0.2, 0) is 0 Å². The van der Waals surface area contributed by atoms with E-state index in [1.165, 1.54) is 49.5 Å². The van der Waals surface area contributed by atoms with Crippen LogP contribution < -0.4 is 16.4 Å². The van der Waals surface area contributed by atoms with Gasteiger partial charge in [0.2, 0.25) is 0 Å². The van der Waals surface area contributed by atoms with E-state index in [0.29, 0.717) is 11.3 Å². The van der Waals surface area contributed by atoms with Gasteiger partial charge in [0.25, 0.3) is 0 Å². The van der Waals surface area contributed by atoms with Gasteiger partial charge >= 0.3 is 0 Å². The van der Waals surface area contributed by atoms with Crippen LogP contribution >= 0.6 is 11.3 Å². The van der Waals surface area contributed by atoms with Crippen molar-refractivity contribution in [2.75, 3.05) is 24.1 Å². The first-order valence-corrected chi connectivity index (χ1v) is 10.7. The number of para-hydroxylation sites is 1. The molecular weight excluding hydrogens is 399 g/mol. The van der Waals surface area contributed by atoms with Gasteiger partial charge in [-0.1, -0.05) is 18.2 Å². The lowest BCUT2D eigenvalue weighted by Crippen LogP contribution is -2.03. The van der Waals surface area contributed by atoms with Crippen molar-refractivity contribution < 1.29 is 4.39 Å². The number of benzene rings is 1. The molecule has 8 heteroatoms. The molecule has 154 valence electrons. The molecule has 0 bridgehead atoms.